The molecule has 1 saturated carbocycles. The Morgan fingerprint density at radius 2 is 2.29 bits per heavy atom. The third-order valence-corrected chi connectivity index (χ3v) is 2.74. The summed E-state index contributed by atoms with van der Waals surface area (Å²) in [5.41, 5.74) is 2.23. The van der Waals surface area contributed by atoms with Crippen molar-refractivity contribution in [3.63, 3.8) is 0 Å². The minimum absolute atomic E-state index is 0.848. The number of aryl methyl sites for hydroxylation is 1. The third kappa shape index (κ3) is 1.29. The average Bonchev–Trinajstić information content (AvgIpc) is 2.89. The number of hydrogen-bond acceptors (Lipinski definition) is 2. The second-order valence-electron chi connectivity index (χ2n) is 4.20. The van der Waals surface area contributed by atoms with Crippen LogP contribution in [-0.4, -0.2) is 14.8 Å². The SMILES string of the molecule is Cc1cnc2c(cnn2CC2CC2)c1. The van der Waals surface area contributed by atoms with E-state index in [1.165, 1.54) is 18.4 Å². The predicted octanol–water partition coefficient (Wildman–Crippen LogP) is 2.15. The summed E-state index contributed by atoms with van der Waals surface area (Å²) >= 11 is 0. The highest BCUT2D eigenvalue weighted by Gasteiger charge is 2.22. The van der Waals surface area contributed by atoms with Gasteiger partial charge in [-0.3, -0.25) is 0 Å². The van der Waals surface area contributed by atoms with Gasteiger partial charge in [0.2, 0.25) is 0 Å². The molecule has 0 atom stereocenters. The van der Waals surface area contributed by atoms with Crippen LogP contribution in [0.2, 0.25) is 0 Å². The number of aromatic nitrogens is 3. The van der Waals surface area contributed by atoms with Gasteiger partial charge in [0, 0.05) is 18.1 Å². The third-order valence-electron chi connectivity index (χ3n) is 2.74. The molecule has 0 saturated heterocycles. The van der Waals surface area contributed by atoms with Crippen LogP contribution in [0.25, 0.3) is 11.0 Å². The number of rotatable bonds is 2. The van der Waals surface area contributed by atoms with Crippen LogP contribution in [0.5, 0.6) is 0 Å². The van der Waals surface area contributed by atoms with E-state index >= 15 is 0 Å². The van der Waals surface area contributed by atoms with E-state index in [0.717, 1.165) is 23.5 Å². The molecule has 1 aliphatic rings. The van der Waals surface area contributed by atoms with Gasteiger partial charge in [-0.05, 0) is 37.3 Å². The molecule has 0 radical (unpaired) electrons. The fourth-order valence-corrected chi connectivity index (χ4v) is 1.76. The molecule has 2 aromatic heterocycles. The molecule has 0 bridgehead atoms. The second kappa shape index (κ2) is 2.80. The molecule has 0 amide bonds. The first-order valence-electron chi connectivity index (χ1n) is 5.11. The molecule has 14 heavy (non-hydrogen) atoms. The van der Waals surface area contributed by atoms with Gasteiger partial charge in [-0.15, -0.1) is 0 Å². The minimum Gasteiger partial charge on any atom is -0.247 e. The van der Waals surface area contributed by atoms with Crippen molar-refractivity contribution in [2.24, 2.45) is 5.92 Å². The highest BCUT2D eigenvalue weighted by molar-refractivity contribution is 5.74. The Morgan fingerprint density at radius 1 is 1.43 bits per heavy atom. The van der Waals surface area contributed by atoms with Gasteiger partial charge >= 0.3 is 0 Å². The van der Waals surface area contributed by atoms with Gasteiger partial charge in [-0.1, -0.05) is 0 Å². The van der Waals surface area contributed by atoms with Crippen LogP contribution < -0.4 is 0 Å². The van der Waals surface area contributed by atoms with Crippen LogP contribution in [-0.2, 0) is 6.54 Å². The maximum atomic E-state index is 4.42. The van der Waals surface area contributed by atoms with E-state index in [1.807, 2.05) is 17.1 Å². The van der Waals surface area contributed by atoms with Gasteiger partial charge in [0.1, 0.15) is 0 Å². The van der Waals surface area contributed by atoms with Crippen molar-refractivity contribution < 1.29 is 0 Å². The van der Waals surface area contributed by atoms with E-state index in [-0.39, 0.29) is 0 Å². The van der Waals surface area contributed by atoms with Crippen LogP contribution >= 0.6 is 0 Å². The highest BCUT2D eigenvalue weighted by Crippen LogP contribution is 2.31. The number of nitrogens with zero attached hydrogens (tertiary/aromatic N) is 3. The summed E-state index contributed by atoms with van der Waals surface area (Å²) in [6.45, 7) is 3.10. The molecule has 3 rings (SSSR count). The summed E-state index contributed by atoms with van der Waals surface area (Å²) < 4.78 is 2.03. The zero-order chi connectivity index (χ0) is 9.54. The summed E-state index contributed by atoms with van der Waals surface area (Å²) in [5.74, 6) is 0.848. The summed E-state index contributed by atoms with van der Waals surface area (Å²) in [4.78, 5) is 4.42. The Kier molecular flexibility index (Phi) is 1.60. The molecule has 0 spiro atoms. The summed E-state index contributed by atoms with van der Waals surface area (Å²) in [5, 5.41) is 5.53. The monoisotopic (exact) mass is 187 g/mol. The largest absolute Gasteiger partial charge is 0.247 e. The van der Waals surface area contributed by atoms with Gasteiger partial charge in [-0.2, -0.15) is 5.10 Å². The fraction of sp³-hybridized carbons (Fsp3) is 0.455. The van der Waals surface area contributed by atoms with Crippen molar-refractivity contribution >= 4 is 11.0 Å². The minimum atomic E-state index is 0.848. The summed E-state index contributed by atoms with van der Waals surface area (Å²) in [6.07, 6.45) is 6.53. The van der Waals surface area contributed by atoms with Crippen molar-refractivity contribution in [2.45, 2.75) is 26.3 Å². The molecular formula is C11H13N3. The molecular weight excluding hydrogens is 174 g/mol. The first-order chi connectivity index (χ1) is 6.83. The molecule has 2 heterocycles. The van der Waals surface area contributed by atoms with E-state index in [0.29, 0.717) is 0 Å². The van der Waals surface area contributed by atoms with Crippen LogP contribution in [0.1, 0.15) is 18.4 Å². The Morgan fingerprint density at radius 3 is 3.07 bits per heavy atom. The van der Waals surface area contributed by atoms with Gasteiger partial charge in [0.05, 0.1) is 6.20 Å². The van der Waals surface area contributed by atoms with Crippen molar-refractivity contribution in [3.05, 3.63) is 24.0 Å². The van der Waals surface area contributed by atoms with E-state index in [1.54, 1.807) is 0 Å². The lowest BCUT2D eigenvalue weighted by atomic mass is 10.2. The zero-order valence-corrected chi connectivity index (χ0v) is 8.27. The van der Waals surface area contributed by atoms with Crippen molar-refractivity contribution in [1.82, 2.24) is 14.8 Å². The number of pyridine rings is 1. The van der Waals surface area contributed by atoms with Crippen LogP contribution in [0, 0.1) is 12.8 Å². The molecule has 0 N–H and O–H groups in total. The van der Waals surface area contributed by atoms with Crippen molar-refractivity contribution in [1.29, 1.82) is 0 Å². The summed E-state index contributed by atoms with van der Waals surface area (Å²) in [7, 11) is 0. The smallest absolute Gasteiger partial charge is 0.157 e. The molecule has 72 valence electrons. The number of hydrogen-bond donors (Lipinski definition) is 0. The molecule has 0 aliphatic heterocycles. The van der Waals surface area contributed by atoms with E-state index in [2.05, 4.69) is 23.1 Å². The lowest BCUT2D eigenvalue weighted by Crippen LogP contribution is -2.02. The molecule has 1 fully saturated rings. The zero-order valence-electron chi connectivity index (χ0n) is 8.27. The van der Waals surface area contributed by atoms with Gasteiger partial charge < -0.3 is 0 Å². The van der Waals surface area contributed by atoms with Crippen LogP contribution in [0.15, 0.2) is 18.5 Å². The van der Waals surface area contributed by atoms with Crippen molar-refractivity contribution in [3.8, 4) is 0 Å². The quantitative estimate of drug-likeness (QED) is 0.721. The Hall–Kier alpha value is -1.38. The van der Waals surface area contributed by atoms with Gasteiger partial charge in [0.15, 0.2) is 5.65 Å². The molecule has 1 aliphatic carbocycles. The Bertz CT molecular complexity index is 468. The van der Waals surface area contributed by atoms with E-state index in [4.69, 9.17) is 0 Å². The Labute approximate surface area is 82.8 Å². The Balaban J connectivity index is 2.06. The second-order valence-corrected chi connectivity index (χ2v) is 4.20. The van der Waals surface area contributed by atoms with E-state index < -0.39 is 0 Å². The van der Waals surface area contributed by atoms with Crippen LogP contribution in [0.3, 0.4) is 0 Å². The molecule has 0 aromatic carbocycles. The maximum Gasteiger partial charge on any atom is 0.157 e. The molecule has 3 nitrogen and oxygen atoms in total. The predicted molar refractivity (Wildman–Crippen MR) is 55.0 cm³/mol. The number of fused-ring (bicyclic) bond motifs is 1. The average molecular weight is 187 g/mol. The lowest BCUT2D eigenvalue weighted by molar-refractivity contribution is 0.576. The van der Waals surface area contributed by atoms with Crippen LogP contribution in [0.4, 0.5) is 0 Å². The first-order valence-corrected chi connectivity index (χ1v) is 5.11. The summed E-state index contributed by atoms with van der Waals surface area (Å²) in [6, 6.07) is 2.14. The first kappa shape index (κ1) is 7.97. The van der Waals surface area contributed by atoms with Gasteiger partial charge in [0.25, 0.3) is 0 Å². The molecule has 0 unspecified atom stereocenters. The maximum absolute atomic E-state index is 4.42. The highest BCUT2D eigenvalue weighted by atomic mass is 15.3. The molecule has 3 heteroatoms. The van der Waals surface area contributed by atoms with Gasteiger partial charge in [-0.25, -0.2) is 9.67 Å². The lowest BCUT2D eigenvalue weighted by Gasteiger charge is -2.00. The fourth-order valence-electron chi connectivity index (χ4n) is 1.76. The normalized spacial score (nSPS) is 16.4. The van der Waals surface area contributed by atoms with Crippen molar-refractivity contribution in [2.75, 3.05) is 0 Å². The molecule has 2 aromatic rings. The standard InChI is InChI=1S/C11H13N3/c1-8-4-10-6-13-14(7-9-2-3-9)11(10)12-5-8/h4-6,9H,2-3,7H2,1H3. The topological polar surface area (TPSA) is 30.7 Å². The van der Waals surface area contributed by atoms with E-state index in [9.17, 15) is 0 Å².